The van der Waals surface area contributed by atoms with E-state index in [1.54, 1.807) is 41.4 Å². The van der Waals surface area contributed by atoms with Crippen molar-refractivity contribution in [3.8, 4) is 0 Å². The minimum atomic E-state index is -2.87. The van der Waals surface area contributed by atoms with E-state index in [-0.39, 0.29) is 42.4 Å². The van der Waals surface area contributed by atoms with Crippen molar-refractivity contribution in [3.63, 3.8) is 0 Å². The molecule has 0 aromatic carbocycles. The maximum absolute atomic E-state index is 14.6. The highest BCUT2D eigenvalue weighted by Crippen LogP contribution is 2.45. The molecule has 2 N–H and O–H groups in total. The number of cyclic esters (lactones) is 1. The fourth-order valence-electron chi connectivity index (χ4n) is 10.5. The molecular formula is C54H86NO13P. The second-order valence-corrected chi connectivity index (χ2v) is 23.5. The molecule has 4 rings (SSSR count). The third kappa shape index (κ3) is 16.2. The number of esters is 1. The third-order valence-electron chi connectivity index (χ3n) is 14.8. The van der Waals surface area contributed by atoms with Gasteiger partial charge < -0.3 is 43.3 Å². The van der Waals surface area contributed by atoms with E-state index in [2.05, 4.69) is 13.5 Å². The Morgan fingerprint density at radius 3 is 2.30 bits per heavy atom. The zero-order valence-electron chi connectivity index (χ0n) is 46.2. The summed E-state index contributed by atoms with van der Waals surface area (Å²) in [5, 5.41) is 23.7. The average molecular weight is 991 g/mol. The Balaban J connectivity index is 1.77. The molecule has 15 heteroatoms. The van der Waals surface area contributed by atoms with E-state index in [0.29, 0.717) is 69.8 Å². The highest BCUT2D eigenvalue weighted by atomic mass is 31.2. The summed E-state index contributed by atoms with van der Waals surface area (Å²) < 4.78 is 74.0. The zero-order chi connectivity index (χ0) is 53.9. The maximum Gasteiger partial charge on any atom is 0.329 e. The van der Waals surface area contributed by atoms with Crippen LogP contribution in [0.5, 0.6) is 0 Å². The van der Waals surface area contributed by atoms with Crippen LogP contribution in [0.15, 0.2) is 59.8 Å². The first kappa shape index (κ1) is 53.7. The number of aliphatic hydroxyl groups excluding tert-OH is 1. The van der Waals surface area contributed by atoms with Gasteiger partial charge in [0.1, 0.15) is 30.1 Å². The molecule has 15 atom stereocenters. The second-order valence-electron chi connectivity index (χ2n) is 20.8. The number of allylic oxidation sites excluding steroid dienone is 6. The van der Waals surface area contributed by atoms with Gasteiger partial charge in [0, 0.05) is 70.0 Å². The molecule has 3 fully saturated rings. The highest BCUT2D eigenvalue weighted by Gasteiger charge is 2.53. The van der Waals surface area contributed by atoms with Crippen molar-refractivity contribution in [1.29, 1.82) is 0 Å². The number of ether oxygens (including phenoxy) is 5. The van der Waals surface area contributed by atoms with Crippen molar-refractivity contribution in [2.45, 2.75) is 180 Å². The molecular weight excluding hydrogens is 902 g/mol. The molecule has 0 aromatic rings. The van der Waals surface area contributed by atoms with Crippen molar-refractivity contribution < 1.29 is 66.3 Å². The summed E-state index contributed by atoms with van der Waals surface area (Å²) in [5.74, 6) is -9.46. The van der Waals surface area contributed by atoms with Crippen LogP contribution >= 0.6 is 7.37 Å². The number of piperidine rings is 1. The summed E-state index contributed by atoms with van der Waals surface area (Å²) in [6, 6.07) is -1.26. The molecule has 0 radical (unpaired) electrons. The van der Waals surface area contributed by atoms with E-state index in [4.69, 9.17) is 32.3 Å². The normalized spacial score (nSPS) is 39.8. The molecule has 14 nitrogen and oxygen atoms in total. The summed E-state index contributed by atoms with van der Waals surface area (Å²) in [6.07, 6.45) is 10.2. The predicted octanol–water partition coefficient (Wildman–Crippen LogP) is 8.73. The quantitative estimate of drug-likeness (QED) is 0.102. The summed E-state index contributed by atoms with van der Waals surface area (Å²) in [4.78, 5) is 59.0. The molecule has 390 valence electrons. The van der Waals surface area contributed by atoms with Crippen molar-refractivity contribution >= 4 is 30.8 Å². The van der Waals surface area contributed by atoms with Gasteiger partial charge in [-0.15, -0.1) is 0 Å². The number of hydrogen-bond acceptors (Lipinski definition) is 13. The molecule has 3 aliphatic heterocycles. The minimum Gasteiger partial charge on any atom is -0.460 e. The number of Topliss-reactive ketones (excluding diaryl/α,β-unsaturated/α-hetero) is 2. The SMILES string of the molecule is [2H]C([2H])([2H])[C@@H]1/C=C(\C)[C@@H](O)[C@@H](OC)C(=C)[C@H](C)C[C@H](C)/C=C/C=C/C=C(\C)[C@@H](OC)C[C@@H]2CC[C@@H](C)[C@@](O)(O2)C(=O)C(=O)N2CCCC[C@H]2C(=O)O[C@H]([C@H](C)C[C@@H]2CC[C@@H](OP(C)(C)=O)[C@H](OC)C2)CC1=O. The van der Waals surface area contributed by atoms with Crippen LogP contribution in [0.1, 0.15) is 130 Å². The van der Waals surface area contributed by atoms with Gasteiger partial charge in [-0.3, -0.25) is 18.9 Å². The number of carbonyl (C=O) groups is 4. The monoisotopic (exact) mass is 991 g/mol. The van der Waals surface area contributed by atoms with E-state index in [9.17, 15) is 34.0 Å². The van der Waals surface area contributed by atoms with Gasteiger partial charge in [-0.1, -0.05) is 77.6 Å². The number of fused-ring (bicyclic) bond motifs is 3. The van der Waals surface area contributed by atoms with Gasteiger partial charge in [0.15, 0.2) is 7.37 Å². The van der Waals surface area contributed by atoms with Crippen LogP contribution in [0.3, 0.4) is 0 Å². The number of nitrogens with zero attached hydrogens (tertiary/aromatic N) is 1. The van der Waals surface area contributed by atoms with Gasteiger partial charge in [0.2, 0.25) is 5.79 Å². The highest BCUT2D eigenvalue weighted by molar-refractivity contribution is 7.57. The van der Waals surface area contributed by atoms with Gasteiger partial charge in [-0.2, -0.15) is 0 Å². The lowest BCUT2D eigenvalue weighted by molar-refractivity contribution is -0.265. The van der Waals surface area contributed by atoms with Crippen LogP contribution in [0.2, 0.25) is 0 Å². The summed E-state index contributed by atoms with van der Waals surface area (Å²) in [6.45, 7) is 15.5. The van der Waals surface area contributed by atoms with E-state index >= 15 is 0 Å². The van der Waals surface area contributed by atoms with E-state index in [1.165, 1.54) is 13.2 Å². The fraction of sp³-hybridized carbons (Fsp3) is 0.741. The van der Waals surface area contributed by atoms with E-state index < -0.39 is 110 Å². The summed E-state index contributed by atoms with van der Waals surface area (Å²) >= 11 is 0. The smallest absolute Gasteiger partial charge is 0.329 e. The van der Waals surface area contributed by atoms with E-state index in [1.807, 2.05) is 51.2 Å². The number of amides is 1. The lowest BCUT2D eigenvalue weighted by atomic mass is 9.78. The Hall–Kier alpha value is -3.07. The number of methoxy groups -OCH3 is 3. The van der Waals surface area contributed by atoms with Gasteiger partial charge in [0.25, 0.3) is 11.7 Å². The van der Waals surface area contributed by atoms with Gasteiger partial charge in [-0.25, -0.2) is 4.79 Å². The Morgan fingerprint density at radius 2 is 1.65 bits per heavy atom. The van der Waals surface area contributed by atoms with Crippen LogP contribution in [-0.4, -0.2) is 134 Å². The molecule has 2 bridgehead atoms. The first-order chi connectivity index (χ1) is 33.6. The third-order valence-corrected chi connectivity index (χ3v) is 15.6. The average Bonchev–Trinajstić information content (AvgIpc) is 3.31. The standard InChI is InChI=1S/C54H86NO13P/c1-33-19-15-14-16-20-34(2)46(63-9)31-42-24-22-39(7)54(61,67-42)51(58)52(59)55-26-18-17-21-43(55)53(60)66-47(37(5)29-41-23-25-45(48(30-41)64-10)68-69(12,13)62)32-44(56)36(4)28-38(6)49(57)50(65-11)40(8)35(3)27-33/h14-16,19-20,28,33,35-37,39,41-43,45-50,57,61H,8,17-18,21-27,29-32H2,1-7,9-13H3/b16-14+,19-15+,34-20+,38-28+/t33-,35-,36-,37-,39-,41+,42+,43+,45-,46+,47+,48-,49-,50+,54-/m1/s1/i4D3. The Bertz CT molecular complexity index is 2050. The molecule has 2 saturated heterocycles. The lowest BCUT2D eigenvalue weighted by Crippen LogP contribution is -2.61. The number of carbonyl (C=O) groups excluding carboxylic acids is 4. The van der Waals surface area contributed by atoms with Gasteiger partial charge >= 0.3 is 5.97 Å². The van der Waals surface area contributed by atoms with Crippen LogP contribution < -0.4 is 0 Å². The molecule has 3 heterocycles. The van der Waals surface area contributed by atoms with Crippen LogP contribution in [0, 0.1) is 35.5 Å². The summed E-state index contributed by atoms with van der Waals surface area (Å²) in [5.41, 5.74) is 1.66. The largest absolute Gasteiger partial charge is 0.460 e. The molecule has 0 spiro atoms. The first-order valence-corrected chi connectivity index (χ1v) is 27.5. The summed E-state index contributed by atoms with van der Waals surface area (Å²) in [7, 11) is 1.74. The zero-order valence-corrected chi connectivity index (χ0v) is 44.1. The molecule has 1 aliphatic carbocycles. The topological polar surface area (TPSA) is 184 Å². The number of hydrogen-bond donors (Lipinski definition) is 2. The molecule has 4 aliphatic rings. The number of aliphatic hydroxyl groups is 2. The molecule has 0 aromatic heterocycles. The van der Waals surface area contributed by atoms with Crippen LogP contribution in [0.4, 0.5) is 0 Å². The van der Waals surface area contributed by atoms with Crippen molar-refractivity contribution in [2.75, 3.05) is 41.2 Å². The Labute approximate surface area is 417 Å². The molecule has 69 heavy (non-hydrogen) atoms. The fourth-order valence-corrected chi connectivity index (χ4v) is 11.4. The predicted molar refractivity (Wildman–Crippen MR) is 268 cm³/mol. The van der Waals surface area contributed by atoms with Crippen LogP contribution in [0.25, 0.3) is 0 Å². The van der Waals surface area contributed by atoms with Crippen molar-refractivity contribution in [3.05, 3.63) is 59.8 Å². The van der Waals surface area contributed by atoms with Gasteiger partial charge in [0.05, 0.1) is 24.4 Å². The van der Waals surface area contributed by atoms with Crippen molar-refractivity contribution in [2.24, 2.45) is 35.5 Å². The van der Waals surface area contributed by atoms with Crippen LogP contribution in [-0.2, 0) is 52.0 Å². The molecule has 1 saturated carbocycles. The Morgan fingerprint density at radius 1 is 0.928 bits per heavy atom. The molecule has 0 unspecified atom stereocenters. The second kappa shape index (κ2) is 26.6. The Kier molecular flexibility index (Phi) is 20.7. The first-order valence-electron chi connectivity index (χ1n) is 26.5. The van der Waals surface area contributed by atoms with Crippen molar-refractivity contribution in [1.82, 2.24) is 4.90 Å². The number of ketones is 2. The maximum atomic E-state index is 14.6. The minimum absolute atomic E-state index is 0.0131. The molecule has 1 amide bonds. The number of rotatable bonds is 8. The lowest BCUT2D eigenvalue weighted by Gasteiger charge is -2.42. The van der Waals surface area contributed by atoms with Gasteiger partial charge in [-0.05, 0) is 118 Å². The van der Waals surface area contributed by atoms with E-state index in [0.717, 1.165) is 10.5 Å².